The highest BCUT2D eigenvalue weighted by molar-refractivity contribution is 5.95. The molecule has 0 unspecified atom stereocenters. The van der Waals surface area contributed by atoms with Crippen LogP contribution in [0, 0.1) is 0 Å². The Hall–Kier alpha value is -2.37. The standard InChI is InChI=1S/C17H24N2O4/c1-4-13(3)18-17(22)19-15(20)11-23-16(21)10-12(2)14-8-6-5-7-9-14/h5-9,12-13H,4,10-11H2,1-3H3,(H2,18,19,20,22)/t12-,13-/m0/s1. The van der Waals surface area contributed by atoms with Gasteiger partial charge >= 0.3 is 12.0 Å². The second-order valence-corrected chi connectivity index (χ2v) is 5.51. The first-order chi connectivity index (χ1) is 10.9. The number of urea groups is 1. The van der Waals surface area contributed by atoms with E-state index in [-0.39, 0.29) is 18.4 Å². The second kappa shape index (κ2) is 9.61. The van der Waals surface area contributed by atoms with Crippen LogP contribution in [0.15, 0.2) is 30.3 Å². The summed E-state index contributed by atoms with van der Waals surface area (Å²) in [5.74, 6) is -1.12. The Kier molecular flexibility index (Phi) is 7.80. The Bertz CT molecular complexity index is 531. The van der Waals surface area contributed by atoms with Crippen molar-refractivity contribution < 1.29 is 19.1 Å². The summed E-state index contributed by atoms with van der Waals surface area (Å²) in [7, 11) is 0. The van der Waals surface area contributed by atoms with Gasteiger partial charge in [0, 0.05) is 6.04 Å². The van der Waals surface area contributed by atoms with Gasteiger partial charge in [-0.3, -0.25) is 14.9 Å². The van der Waals surface area contributed by atoms with Crippen LogP contribution < -0.4 is 10.6 Å². The molecule has 1 aromatic carbocycles. The van der Waals surface area contributed by atoms with E-state index < -0.39 is 24.5 Å². The average Bonchev–Trinajstić information content (AvgIpc) is 2.53. The molecule has 2 N–H and O–H groups in total. The fraction of sp³-hybridized carbons (Fsp3) is 0.471. The van der Waals surface area contributed by atoms with E-state index in [1.54, 1.807) is 0 Å². The monoisotopic (exact) mass is 320 g/mol. The third-order valence-corrected chi connectivity index (χ3v) is 3.45. The van der Waals surface area contributed by atoms with Gasteiger partial charge in [0.05, 0.1) is 6.42 Å². The number of ether oxygens (including phenoxy) is 1. The Morgan fingerprint density at radius 2 is 1.78 bits per heavy atom. The molecule has 0 saturated carbocycles. The average molecular weight is 320 g/mol. The number of carbonyl (C=O) groups excluding carboxylic acids is 3. The summed E-state index contributed by atoms with van der Waals surface area (Å²) in [5.41, 5.74) is 1.03. The van der Waals surface area contributed by atoms with Crippen LogP contribution in [0.5, 0.6) is 0 Å². The van der Waals surface area contributed by atoms with E-state index in [2.05, 4.69) is 10.6 Å². The molecular weight excluding hydrogens is 296 g/mol. The van der Waals surface area contributed by atoms with Gasteiger partial charge in [-0.1, -0.05) is 44.2 Å². The summed E-state index contributed by atoms with van der Waals surface area (Å²) in [5, 5.41) is 4.71. The van der Waals surface area contributed by atoms with Crippen molar-refractivity contribution in [1.82, 2.24) is 10.6 Å². The summed E-state index contributed by atoms with van der Waals surface area (Å²) >= 11 is 0. The molecule has 0 spiro atoms. The lowest BCUT2D eigenvalue weighted by Crippen LogP contribution is -2.44. The summed E-state index contributed by atoms with van der Waals surface area (Å²) in [4.78, 5) is 34.7. The minimum Gasteiger partial charge on any atom is -0.456 e. The SMILES string of the molecule is CC[C@H](C)NC(=O)NC(=O)COC(=O)C[C@H](C)c1ccccc1. The Morgan fingerprint density at radius 1 is 1.13 bits per heavy atom. The minimum absolute atomic E-state index is 0.000429. The molecular formula is C17H24N2O4. The molecule has 0 heterocycles. The molecule has 6 nitrogen and oxygen atoms in total. The zero-order valence-corrected chi connectivity index (χ0v) is 13.8. The Balaban J connectivity index is 2.30. The molecule has 0 bridgehead atoms. The maximum absolute atomic E-state index is 11.7. The molecule has 1 rings (SSSR count). The molecule has 6 heteroatoms. The molecule has 0 saturated heterocycles. The third kappa shape index (κ3) is 7.44. The van der Waals surface area contributed by atoms with E-state index >= 15 is 0 Å². The van der Waals surface area contributed by atoms with Gasteiger partial charge in [0.25, 0.3) is 5.91 Å². The number of esters is 1. The molecule has 0 aliphatic heterocycles. The lowest BCUT2D eigenvalue weighted by molar-refractivity contribution is -0.148. The van der Waals surface area contributed by atoms with E-state index in [4.69, 9.17) is 4.74 Å². The van der Waals surface area contributed by atoms with Crippen molar-refractivity contribution >= 4 is 17.9 Å². The van der Waals surface area contributed by atoms with E-state index in [9.17, 15) is 14.4 Å². The maximum atomic E-state index is 11.7. The van der Waals surface area contributed by atoms with Crippen molar-refractivity contribution in [2.75, 3.05) is 6.61 Å². The molecule has 3 amide bonds. The molecule has 23 heavy (non-hydrogen) atoms. The van der Waals surface area contributed by atoms with Crippen LogP contribution in [0.25, 0.3) is 0 Å². The van der Waals surface area contributed by atoms with E-state index in [1.807, 2.05) is 51.1 Å². The van der Waals surface area contributed by atoms with Gasteiger partial charge < -0.3 is 10.1 Å². The van der Waals surface area contributed by atoms with E-state index in [1.165, 1.54) is 0 Å². The van der Waals surface area contributed by atoms with Crippen LogP contribution in [0.1, 0.15) is 45.1 Å². The van der Waals surface area contributed by atoms with Crippen molar-refractivity contribution in [3.63, 3.8) is 0 Å². The summed E-state index contributed by atoms with van der Waals surface area (Å²) in [6.07, 6.45) is 0.935. The van der Waals surface area contributed by atoms with E-state index in [0.717, 1.165) is 12.0 Å². The molecule has 0 aliphatic carbocycles. The summed E-state index contributed by atoms with van der Waals surface area (Å²) in [6, 6.07) is 8.97. The number of carbonyl (C=O) groups is 3. The topological polar surface area (TPSA) is 84.5 Å². The van der Waals surface area contributed by atoms with Gasteiger partial charge in [-0.15, -0.1) is 0 Å². The van der Waals surface area contributed by atoms with Crippen LogP contribution in [0.4, 0.5) is 4.79 Å². The predicted octanol–water partition coefficient (Wildman–Crippen LogP) is 2.35. The molecule has 0 fully saturated rings. The first-order valence-electron chi connectivity index (χ1n) is 7.73. The van der Waals surface area contributed by atoms with E-state index in [0.29, 0.717) is 0 Å². The van der Waals surface area contributed by atoms with Crippen LogP contribution >= 0.6 is 0 Å². The minimum atomic E-state index is -0.647. The van der Waals surface area contributed by atoms with Gasteiger partial charge in [0.1, 0.15) is 0 Å². The van der Waals surface area contributed by atoms with Crippen molar-refractivity contribution in [2.24, 2.45) is 0 Å². The van der Waals surface area contributed by atoms with Gasteiger partial charge in [0.2, 0.25) is 0 Å². The fourth-order valence-corrected chi connectivity index (χ4v) is 1.88. The Labute approximate surface area is 136 Å². The van der Waals surface area contributed by atoms with Crippen LogP contribution in [0.2, 0.25) is 0 Å². The molecule has 0 aliphatic rings. The molecule has 0 aromatic heterocycles. The van der Waals surface area contributed by atoms with Gasteiger partial charge in [0.15, 0.2) is 6.61 Å². The van der Waals surface area contributed by atoms with Crippen molar-refractivity contribution in [3.05, 3.63) is 35.9 Å². The summed E-state index contributed by atoms with van der Waals surface area (Å²) < 4.78 is 4.90. The smallest absolute Gasteiger partial charge is 0.321 e. The zero-order chi connectivity index (χ0) is 17.2. The fourth-order valence-electron chi connectivity index (χ4n) is 1.88. The zero-order valence-electron chi connectivity index (χ0n) is 13.8. The van der Waals surface area contributed by atoms with Crippen molar-refractivity contribution in [1.29, 1.82) is 0 Å². The third-order valence-electron chi connectivity index (χ3n) is 3.45. The molecule has 1 aromatic rings. The highest BCUT2D eigenvalue weighted by Crippen LogP contribution is 2.18. The number of nitrogens with one attached hydrogen (secondary N) is 2. The van der Waals surface area contributed by atoms with Crippen LogP contribution in [0.3, 0.4) is 0 Å². The van der Waals surface area contributed by atoms with Crippen molar-refractivity contribution in [3.8, 4) is 0 Å². The Morgan fingerprint density at radius 3 is 2.39 bits per heavy atom. The number of benzene rings is 1. The highest BCUT2D eigenvalue weighted by atomic mass is 16.5. The number of hydrogen-bond donors (Lipinski definition) is 2. The van der Waals surface area contributed by atoms with Crippen LogP contribution in [-0.2, 0) is 14.3 Å². The first kappa shape index (κ1) is 18.7. The number of amides is 3. The number of rotatable bonds is 7. The van der Waals surface area contributed by atoms with Gasteiger partial charge in [-0.25, -0.2) is 4.79 Å². The quantitative estimate of drug-likeness (QED) is 0.755. The lowest BCUT2D eigenvalue weighted by Gasteiger charge is -2.13. The molecule has 2 atom stereocenters. The number of hydrogen-bond acceptors (Lipinski definition) is 4. The predicted molar refractivity (Wildman–Crippen MR) is 86.9 cm³/mol. The van der Waals surface area contributed by atoms with Gasteiger partial charge in [-0.2, -0.15) is 0 Å². The maximum Gasteiger partial charge on any atom is 0.321 e. The highest BCUT2D eigenvalue weighted by Gasteiger charge is 2.15. The number of imide groups is 1. The summed E-state index contributed by atoms with van der Waals surface area (Å²) in [6.45, 7) is 5.20. The van der Waals surface area contributed by atoms with Crippen molar-refractivity contribution in [2.45, 2.75) is 45.6 Å². The lowest BCUT2D eigenvalue weighted by atomic mass is 9.98. The first-order valence-corrected chi connectivity index (χ1v) is 7.73. The largest absolute Gasteiger partial charge is 0.456 e. The normalized spacial score (nSPS) is 12.8. The second-order valence-electron chi connectivity index (χ2n) is 5.51. The molecule has 0 radical (unpaired) electrons. The van der Waals surface area contributed by atoms with Gasteiger partial charge in [-0.05, 0) is 24.8 Å². The molecule has 126 valence electrons. The van der Waals surface area contributed by atoms with Crippen LogP contribution in [-0.4, -0.2) is 30.6 Å².